The van der Waals surface area contributed by atoms with Gasteiger partial charge in [0.25, 0.3) is 0 Å². The normalized spacial score (nSPS) is 37.6. The van der Waals surface area contributed by atoms with E-state index in [9.17, 15) is 5.11 Å². The van der Waals surface area contributed by atoms with Crippen LogP contribution in [0.15, 0.2) is 24.4 Å². The number of pyridine rings is 1. The van der Waals surface area contributed by atoms with Crippen LogP contribution in [0.2, 0.25) is 0 Å². The van der Waals surface area contributed by atoms with Crippen LogP contribution in [0.1, 0.15) is 18.5 Å². The summed E-state index contributed by atoms with van der Waals surface area (Å²) in [5.41, 5.74) is 0.504. The van der Waals surface area contributed by atoms with Crippen LogP contribution in [-0.4, -0.2) is 28.8 Å². The topological polar surface area (TPSA) is 45.2 Å². The molecule has 3 atom stereocenters. The predicted molar refractivity (Wildman–Crippen MR) is 62.0 cm³/mol. The fraction of sp³-hybridized carbons (Fsp3) is 0.615. The monoisotopic (exact) mass is 218 g/mol. The first-order valence-corrected chi connectivity index (χ1v) is 6.08. The molecule has 1 aliphatic heterocycles. The van der Waals surface area contributed by atoms with Gasteiger partial charge in [0.15, 0.2) is 0 Å². The standard InChI is InChI=1S/C13H18N2O/c16-13(7-12-3-1-2-4-15-12)5-10-8-14-9-11(10)6-13/h1-4,10-11,14,16H,5-9H2/t10-,11+,13?. The number of hydrogen-bond acceptors (Lipinski definition) is 3. The first-order chi connectivity index (χ1) is 7.75. The van der Waals surface area contributed by atoms with Crippen LogP contribution in [-0.2, 0) is 6.42 Å². The highest BCUT2D eigenvalue weighted by atomic mass is 16.3. The van der Waals surface area contributed by atoms with E-state index in [-0.39, 0.29) is 0 Å². The van der Waals surface area contributed by atoms with Crippen LogP contribution in [0, 0.1) is 11.8 Å². The predicted octanol–water partition coefficient (Wildman–Crippen LogP) is 0.985. The fourth-order valence-corrected chi connectivity index (χ4v) is 3.31. The van der Waals surface area contributed by atoms with Gasteiger partial charge in [-0.1, -0.05) is 6.07 Å². The van der Waals surface area contributed by atoms with Gasteiger partial charge < -0.3 is 10.4 Å². The van der Waals surface area contributed by atoms with Gasteiger partial charge in [-0.05, 0) is 49.9 Å². The summed E-state index contributed by atoms with van der Waals surface area (Å²) in [5.74, 6) is 1.35. The molecule has 1 aromatic heterocycles. The maximum absolute atomic E-state index is 10.6. The Hall–Kier alpha value is -0.930. The van der Waals surface area contributed by atoms with Crippen molar-refractivity contribution in [3.05, 3.63) is 30.1 Å². The Kier molecular flexibility index (Phi) is 2.45. The van der Waals surface area contributed by atoms with Gasteiger partial charge >= 0.3 is 0 Å². The molecule has 1 saturated heterocycles. The number of nitrogens with zero attached hydrogens (tertiary/aromatic N) is 1. The van der Waals surface area contributed by atoms with Crippen LogP contribution < -0.4 is 5.32 Å². The van der Waals surface area contributed by atoms with Crippen molar-refractivity contribution < 1.29 is 5.11 Å². The lowest BCUT2D eigenvalue weighted by molar-refractivity contribution is 0.0389. The smallest absolute Gasteiger partial charge is 0.0709 e. The highest BCUT2D eigenvalue weighted by Gasteiger charge is 2.45. The van der Waals surface area contributed by atoms with Gasteiger partial charge in [-0.25, -0.2) is 0 Å². The third-order valence-corrected chi connectivity index (χ3v) is 4.00. The summed E-state index contributed by atoms with van der Waals surface area (Å²) in [6.45, 7) is 2.16. The molecule has 0 spiro atoms. The second-order valence-electron chi connectivity index (χ2n) is 5.31. The summed E-state index contributed by atoms with van der Waals surface area (Å²) in [6.07, 6.45) is 4.37. The van der Waals surface area contributed by atoms with Crippen LogP contribution in [0.3, 0.4) is 0 Å². The van der Waals surface area contributed by atoms with E-state index in [1.165, 1.54) is 0 Å². The average Bonchev–Trinajstić information content (AvgIpc) is 2.77. The van der Waals surface area contributed by atoms with Gasteiger partial charge in [0.1, 0.15) is 0 Å². The molecule has 0 radical (unpaired) electrons. The Morgan fingerprint density at radius 2 is 2.06 bits per heavy atom. The molecule has 3 heteroatoms. The molecule has 0 amide bonds. The number of nitrogens with one attached hydrogen (secondary N) is 1. The highest BCUT2D eigenvalue weighted by molar-refractivity contribution is 5.10. The minimum atomic E-state index is -0.508. The van der Waals surface area contributed by atoms with Crippen LogP contribution in [0.4, 0.5) is 0 Å². The number of aromatic nitrogens is 1. The van der Waals surface area contributed by atoms with Crippen molar-refractivity contribution in [2.24, 2.45) is 11.8 Å². The third-order valence-electron chi connectivity index (χ3n) is 4.00. The molecule has 2 fully saturated rings. The van der Waals surface area contributed by atoms with Crippen molar-refractivity contribution in [1.82, 2.24) is 10.3 Å². The quantitative estimate of drug-likeness (QED) is 0.778. The number of hydrogen-bond donors (Lipinski definition) is 2. The Balaban J connectivity index is 1.71. The molecule has 2 heterocycles. The Labute approximate surface area is 95.9 Å². The summed E-state index contributed by atoms with van der Waals surface area (Å²) in [7, 11) is 0. The zero-order chi connectivity index (χ0) is 11.0. The molecule has 2 N–H and O–H groups in total. The van der Waals surface area contributed by atoms with Gasteiger partial charge in [-0.2, -0.15) is 0 Å². The van der Waals surface area contributed by atoms with Crippen molar-refractivity contribution in [3.63, 3.8) is 0 Å². The lowest BCUT2D eigenvalue weighted by Crippen LogP contribution is -2.31. The van der Waals surface area contributed by atoms with Gasteiger partial charge in [-0.3, -0.25) is 4.98 Å². The van der Waals surface area contributed by atoms with E-state index in [0.717, 1.165) is 31.6 Å². The molecule has 16 heavy (non-hydrogen) atoms. The van der Waals surface area contributed by atoms with Crippen LogP contribution in [0.25, 0.3) is 0 Å². The molecule has 3 nitrogen and oxygen atoms in total. The summed E-state index contributed by atoms with van der Waals surface area (Å²) in [6, 6.07) is 5.91. The minimum absolute atomic E-state index is 0.508. The van der Waals surface area contributed by atoms with Gasteiger partial charge in [0, 0.05) is 18.3 Å². The van der Waals surface area contributed by atoms with Crippen LogP contribution >= 0.6 is 0 Å². The van der Waals surface area contributed by atoms with E-state index in [2.05, 4.69) is 10.3 Å². The third kappa shape index (κ3) is 1.85. The Bertz CT molecular complexity index is 353. The molecular weight excluding hydrogens is 200 g/mol. The van der Waals surface area contributed by atoms with Crippen LogP contribution in [0.5, 0.6) is 0 Å². The van der Waals surface area contributed by atoms with E-state index in [4.69, 9.17) is 0 Å². The molecule has 1 aliphatic carbocycles. The molecule has 1 unspecified atom stereocenters. The van der Waals surface area contributed by atoms with Crippen molar-refractivity contribution in [2.45, 2.75) is 24.9 Å². The molecule has 0 aromatic carbocycles. The number of rotatable bonds is 2. The lowest BCUT2D eigenvalue weighted by Gasteiger charge is -2.23. The van der Waals surface area contributed by atoms with E-state index in [1.54, 1.807) is 6.20 Å². The average molecular weight is 218 g/mol. The maximum Gasteiger partial charge on any atom is 0.0709 e. The number of fused-ring (bicyclic) bond motifs is 1. The van der Waals surface area contributed by atoms with Crippen molar-refractivity contribution >= 4 is 0 Å². The first-order valence-electron chi connectivity index (χ1n) is 6.08. The Morgan fingerprint density at radius 3 is 2.69 bits per heavy atom. The Morgan fingerprint density at radius 1 is 1.31 bits per heavy atom. The first kappa shape index (κ1) is 10.2. The molecule has 1 aromatic rings. The summed E-state index contributed by atoms with van der Waals surface area (Å²) < 4.78 is 0. The zero-order valence-electron chi connectivity index (χ0n) is 9.39. The SMILES string of the molecule is OC1(Cc2ccccn2)C[C@H]2CNC[C@H]2C1. The molecule has 86 valence electrons. The molecular formula is C13H18N2O. The zero-order valence-corrected chi connectivity index (χ0v) is 9.39. The number of aliphatic hydroxyl groups is 1. The molecule has 3 rings (SSSR count). The fourth-order valence-electron chi connectivity index (χ4n) is 3.31. The van der Waals surface area contributed by atoms with Gasteiger partial charge in [0.05, 0.1) is 5.60 Å². The second kappa shape index (κ2) is 3.82. The van der Waals surface area contributed by atoms with E-state index in [0.29, 0.717) is 18.3 Å². The van der Waals surface area contributed by atoms with E-state index >= 15 is 0 Å². The van der Waals surface area contributed by atoms with Gasteiger partial charge in [-0.15, -0.1) is 0 Å². The summed E-state index contributed by atoms with van der Waals surface area (Å²) >= 11 is 0. The van der Waals surface area contributed by atoms with Gasteiger partial charge in [0.2, 0.25) is 0 Å². The lowest BCUT2D eigenvalue weighted by atomic mass is 9.94. The maximum atomic E-state index is 10.6. The highest BCUT2D eigenvalue weighted by Crippen LogP contribution is 2.42. The molecule has 0 bridgehead atoms. The van der Waals surface area contributed by atoms with E-state index < -0.39 is 5.60 Å². The second-order valence-corrected chi connectivity index (χ2v) is 5.31. The van der Waals surface area contributed by atoms with Crippen molar-refractivity contribution in [2.75, 3.05) is 13.1 Å². The van der Waals surface area contributed by atoms with Crippen molar-refractivity contribution in [1.29, 1.82) is 0 Å². The molecule has 1 saturated carbocycles. The largest absolute Gasteiger partial charge is 0.389 e. The summed E-state index contributed by atoms with van der Waals surface area (Å²) in [4.78, 5) is 4.31. The molecule has 2 aliphatic rings. The van der Waals surface area contributed by atoms with Crippen molar-refractivity contribution in [3.8, 4) is 0 Å². The summed E-state index contributed by atoms with van der Waals surface area (Å²) in [5, 5.41) is 14.0. The van der Waals surface area contributed by atoms with E-state index in [1.807, 2.05) is 18.2 Å². The minimum Gasteiger partial charge on any atom is -0.389 e.